The lowest BCUT2D eigenvalue weighted by atomic mass is 10.0. The van der Waals surface area contributed by atoms with Gasteiger partial charge in [-0.3, -0.25) is 15.1 Å². The molecule has 0 aromatic heterocycles. The van der Waals surface area contributed by atoms with E-state index in [9.17, 15) is 15.2 Å². The molecule has 0 amide bonds. The van der Waals surface area contributed by atoms with Gasteiger partial charge in [0.1, 0.15) is 18.5 Å². The summed E-state index contributed by atoms with van der Waals surface area (Å²) in [5, 5.41) is 27.6. The normalized spacial score (nSPS) is 16.5. The fraction of sp³-hybridized carbons (Fsp3) is 0.667. The maximum absolute atomic E-state index is 10.7. The van der Waals surface area contributed by atoms with Crippen molar-refractivity contribution in [1.29, 1.82) is 0 Å². The number of likely N-dealkylation sites (tertiary alicyclic amines) is 1. The highest BCUT2D eigenvalue weighted by atomic mass is 127. The number of ether oxygens (including phenoxy) is 1. The summed E-state index contributed by atoms with van der Waals surface area (Å²) in [5.41, 5.74) is 0.00361. The number of hydrogen-bond acceptors (Lipinski definition) is 6. The summed E-state index contributed by atoms with van der Waals surface area (Å²) < 4.78 is 5.50. The lowest BCUT2D eigenvalue weighted by Crippen LogP contribution is -2.49. The van der Waals surface area contributed by atoms with E-state index in [4.69, 9.17) is 4.74 Å². The first-order valence-corrected chi connectivity index (χ1v) is 10.7. The monoisotopic (exact) mass is 549 g/mol. The van der Waals surface area contributed by atoms with Crippen LogP contribution in [0.1, 0.15) is 33.6 Å². The smallest absolute Gasteiger partial charge is 0.269 e. The third kappa shape index (κ3) is 10.5. The van der Waals surface area contributed by atoms with E-state index in [1.54, 1.807) is 0 Å². The summed E-state index contributed by atoms with van der Waals surface area (Å²) in [4.78, 5) is 17.2. The number of aliphatic hydroxyl groups excluding tert-OH is 1. The van der Waals surface area contributed by atoms with Gasteiger partial charge in [0, 0.05) is 44.4 Å². The van der Waals surface area contributed by atoms with Gasteiger partial charge < -0.3 is 25.4 Å². The summed E-state index contributed by atoms with van der Waals surface area (Å²) >= 11 is 0. The minimum absolute atomic E-state index is 0. The number of aliphatic hydroxyl groups is 1. The number of hydrogen-bond donors (Lipinski definition) is 3. The van der Waals surface area contributed by atoms with Crippen LogP contribution in [0.15, 0.2) is 29.3 Å². The fourth-order valence-corrected chi connectivity index (χ4v) is 3.40. The third-order valence-electron chi connectivity index (χ3n) is 4.85. The summed E-state index contributed by atoms with van der Waals surface area (Å²) in [6, 6.07) is 6.16. The van der Waals surface area contributed by atoms with E-state index in [1.165, 1.54) is 24.3 Å². The molecule has 1 unspecified atom stereocenters. The van der Waals surface area contributed by atoms with Gasteiger partial charge in [0.25, 0.3) is 5.69 Å². The van der Waals surface area contributed by atoms with Crippen molar-refractivity contribution in [3.05, 3.63) is 34.4 Å². The highest BCUT2D eigenvalue weighted by molar-refractivity contribution is 14.0. The minimum atomic E-state index is -0.775. The molecule has 1 heterocycles. The Bertz CT molecular complexity index is 679. The van der Waals surface area contributed by atoms with Crippen LogP contribution in [0.2, 0.25) is 0 Å². The molecule has 1 atom stereocenters. The lowest BCUT2D eigenvalue weighted by molar-refractivity contribution is -0.384. The Kier molecular flexibility index (Phi) is 12.7. The number of guanidine groups is 1. The number of rotatable bonds is 10. The number of nitrogens with one attached hydrogen (secondary N) is 2. The standard InChI is InChI=1S/C21H35N5O4.HI/c1-4-22-21(24-17-9-11-25(12-10-17)14-16(2)3)23-13-19(27)15-30-20-7-5-18(6-8-20)26(28)29;/h5-8,16-17,19,27H,4,9-15H2,1-3H3,(H2,22,23,24);1H. The Balaban J connectivity index is 0.00000480. The van der Waals surface area contributed by atoms with Gasteiger partial charge in [-0.1, -0.05) is 13.8 Å². The van der Waals surface area contributed by atoms with Crippen LogP contribution in [0.25, 0.3) is 0 Å². The summed E-state index contributed by atoms with van der Waals surface area (Å²) in [7, 11) is 0. The van der Waals surface area contributed by atoms with Crippen molar-refractivity contribution in [3.63, 3.8) is 0 Å². The molecule has 0 saturated carbocycles. The van der Waals surface area contributed by atoms with Crippen LogP contribution in [-0.4, -0.2) is 72.4 Å². The number of nitrogens with zero attached hydrogens (tertiary/aromatic N) is 3. The molecule has 0 aliphatic carbocycles. The van der Waals surface area contributed by atoms with Crippen molar-refractivity contribution in [2.75, 3.05) is 39.3 Å². The van der Waals surface area contributed by atoms with Crippen LogP contribution in [0, 0.1) is 16.0 Å². The number of aliphatic imine (C=N–C) groups is 1. The van der Waals surface area contributed by atoms with Gasteiger partial charge in [0.15, 0.2) is 5.96 Å². The van der Waals surface area contributed by atoms with Gasteiger partial charge in [-0.15, -0.1) is 24.0 Å². The minimum Gasteiger partial charge on any atom is -0.491 e. The zero-order chi connectivity index (χ0) is 21.9. The average Bonchev–Trinajstić information content (AvgIpc) is 2.72. The first-order valence-electron chi connectivity index (χ1n) is 10.7. The highest BCUT2D eigenvalue weighted by Gasteiger charge is 2.20. The number of non-ortho nitro benzene ring substituents is 1. The van der Waals surface area contributed by atoms with Crippen molar-refractivity contribution in [2.24, 2.45) is 10.9 Å². The predicted molar refractivity (Wildman–Crippen MR) is 133 cm³/mol. The molecule has 176 valence electrons. The largest absolute Gasteiger partial charge is 0.491 e. The summed E-state index contributed by atoms with van der Waals surface area (Å²) in [5.74, 6) is 1.86. The second-order valence-electron chi connectivity index (χ2n) is 8.05. The Morgan fingerprint density at radius 3 is 2.52 bits per heavy atom. The molecule has 1 saturated heterocycles. The molecule has 3 N–H and O–H groups in total. The number of halogens is 1. The molecule has 0 bridgehead atoms. The van der Waals surface area contributed by atoms with Crippen molar-refractivity contribution in [2.45, 2.75) is 45.8 Å². The molecule has 1 aliphatic heterocycles. The Hall–Kier alpha value is -1.66. The van der Waals surface area contributed by atoms with Crippen LogP contribution in [0.4, 0.5) is 5.69 Å². The number of benzene rings is 1. The SMILES string of the molecule is CCNC(=NCC(O)COc1ccc([N+](=O)[O-])cc1)NC1CCN(CC(C)C)CC1.I. The summed E-state index contributed by atoms with van der Waals surface area (Å²) in [6.07, 6.45) is 1.37. The molecular formula is C21H36IN5O4. The number of nitro benzene ring substituents is 1. The number of piperidine rings is 1. The van der Waals surface area contributed by atoms with Gasteiger partial charge >= 0.3 is 0 Å². The second kappa shape index (κ2) is 14.4. The maximum atomic E-state index is 10.7. The van der Waals surface area contributed by atoms with Crippen molar-refractivity contribution < 1.29 is 14.8 Å². The Labute approximate surface area is 201 Å². The second-order valence-corrected chi connectivity index (χ2v) is 8.05. The zero-order valence-corrected chi connectivity index (χ0v) is 21.0. The van der Waals surface area contributed by atoms with E-state index in [-0.39, 0.29) is 42.8 Å². The molecule has 1 aliphatic rings. The quantitative estimate of drug-likeness (QED) is 0.135. The molecular weight excluding hydrogens is 513 g/mol. The van der Waals surface area contributed by atoms with Crippen LogP contribution >= 0.6 is 24.0 Å². The molecule has 0 spiro atoms. The van der Waals surface area contributed by atoms with Crippen LogP contribution in [0.3, 0.4) is 0 Å². The van der Waals surface area contributed by atoms with Crippen LogP contribution < -0.4 is 15.4 Å². The maximum Gasteiger partial charge on any atom is 0.269 e. The lowest BCUT2D eigenvalue weighted by Gasteiger charge is -2.34. The van der Waals surface area contributed by atoms with Gasteiger partial charge in [-0.05, 0) is 37.8 Å². The molecule has 2 rings (SSSR count). The van der Waals surface area contributed by atoms with Crippen LogP contribution in [0.5, 0.6) is 5.75 Å². The van der Waals surface area contributed by atoms with E-state index in [0.717, 1.165) is 39.0 Å². The van der Waals surface area contributed by atoms with E-state index in [2.05, 4.69) is 34.4 Å². The highest BCUT2D eigenvalue weighted by Crippen LogP contribution is 2.17. The fourth-order valence-electron chi connectivity index (χ4n) is 3.40. The molecule has 1 fully saturated rings. The molecule has 1 aromatic rings. The molecule has 10 heteroatoms. The molecule has 0 radical (unpaired) electrons. The molecule has 31 heavy (non-hydrogen) atoms. The van der Waals surface area contributed by atoms with E-state index >= 15 is 0 Å². The first kappa shape index (κ1) is 27.4. The predicted octanol–water partition coefficient (Wildman–Crippen LogP) is 2.63. The van der Waals surface area contributed by atoms with Crippen molar-refractivity contribution >= 4 is 35.6 Å². The Morgan fingerprint density at radius 1 is 1.32 bits per heavy atom. The van der Waals surface area contributed by atoms with E-state index in [1.807, 2.05) is 6.92 Å². The van der Waals surface area contributed by atoms with Crippen molar-refractivity contribution in [1.82, 2.24) is 15.5 Å². The third-order valence-corrected chi connectivity index (χ3v) is 4.85. The van der Waals surface area contributed by atoms with E-state index in [0.29, 0.717) is 23.7 Å². The molecule has 1 aromatic carbocycles. The van der Waals surface area contributed by atoms with Gasteiger partial charge in [0.05, 0.1) is 11.5 Å². The van der Waals surface area contributed by atoms with Crippen molar-refractivity contribution in [3.8, 4) is 5.75 Å². The first-order chi connectivity index (χ1) is 14.4. The topological polar surface area (TPSA) is 112 Å². The molecule has 9 nitrogen and oxygen atoms in total. The van der Waals surface area contributed by atoms with Gasteiger partial charge in [-0.25, -0.2) is 0 Å². The van der Waals surface area contributed by atoms with Gasteiger partial charge in [0.2, 0.25) is 0 Å². The zero-order valence-electron chi connectivity index (χ0n) is 18.6. The number of nitro groups is 1. The summed E-state index contributed by atoms with van der Waals surface area (Å²) in [6.45, 7) is 10.8. The van der Waals surface area contributed by atoms with E-state index < -0.39 is 11.0 Å². The van der Waals surface area contributed by atoms with Crippen LogP contribution in [-0.2, 0) is 0 Å². The Morgan fingerprint density at radius 2 is 1.97 bits per heavy atom. The van der Waals surface area contributed by atoms with Gasteiger partial charge in [-0.2, -0.15) is 0 Å². The average molecular weight is 549 g/mol.